The van der Waals surface area contributed by atoms with Crippen LogP contribution in [0.4, 0.5) is 5.69 Å². The lowest BCUT2D eigenvalue weighted by Crippen LogP contribution is -2.13. The van der Waals surface area contributed by atoms with Gasteiger partial charge >= 0.3 is 5.97 Å². The van der Waals surface area contributed by atoms with Gasteiger partial charge in [-0.05, 0) is 18.6 Å². The highest BCUT2D eigenvalue weighted by Crippen LogP contribution is 2.32. The molecule has 0 atom stereocenters. The van der Waals surface area contributed by atoms with Crippen LogP contribution in [0.3, 0.4) is 0 Å². The second kappa shape index (κ2) is 5.25. The predicted molar refractivity (Wildman–Crippen MR) is 60.4 cm³/mol. The Hall–Kier alpha value is -1.91. The van der Waals surface area contributed by atoms with Crippen molar-refractivity contribution in [2.24, 2.45) is 0 Å². The number of carbonyl (C=O) groups is 1. The first-order chi connectivity index (χ1) is 7.58. The third-order valence-electron chi connectivity index (χ3n) is 2.15. The van der Waals surface area contributed by atoms with Crippen molar-refractivity contribution < 1.29 is 19.4 Å². The van der Waals surface area contributed by atoms with Crippen LogP contribution in [0, 0.1) is 6.92 Å². The van der Waals surface area contributed by atoms with Crippen LogP contribution >= 0.6 is 0 Å². The van der Waals surface area contributed by atoms with Crippen molar-refractivity contribution in [3.8, 4) is 11.5 Å². The summed E-state index contributed by atoms with van der Waals surface area (Å²) in [7, 11) is 3.10. The Morgan fingerprint density at radius 2 is 1.94 bits per heavy atom. The molecule has 2 N–H and O–H groups in total. The van der Waals surface area contributed by atoms with Gasteiger partial charge in [-0.15, -0.1) is 0 Å². The molecular formula is C11H15NO4. The fraction of sp³-hybridized carbons (Fsp3) is 0.364. The Morgan fingerprint density at radius 1 is 1.31 bits per heavy atom. The zero-order valence-corrected chi connectivity index (χ0v) is 9.53. The largest absolute Gasteiger partial charge is 0.496 e. The number of hydrogen-bond acceptors (Lipinski definition) is 4. The molecule has 0 aliphatic carbocycles. The molecule has 0 amide bonds. The summed E-state index contributed by atoms with van der Waals surface area (Å²) in [4.78, 5) is 10.5. The first-order valence-corrected chi connectivity index (χ1v) is 4.76. The van der Waals surface area contributed by atoms with E-state index in [0.29, 0.717) is 17.2 Å². The fourth-order valence-electron chi connectivity index (χ4n) is 1.36. The SMILES string of the molecule is COc1cc(NCC(=O)O)c(OC)cc1C. The van der Waals surface area contributed by atoms with E-state index in [1.165, 1.54) is 7.11 Å². The highest BCUT2D eigenvalue weighted by Gasteiger charge is 2.09. The number of benzene rings is 1. The third-order valence-corrected chi connectivity index (χ3v) is 2.15. The molecule has 0 aliphatic rings. The standard InChI is InChI=1S/C11H15NO4/c1-7-4-10(16-3)8(5-9(7)15-2)12-6-11(13)14/h4-5,12H,6H2,1-3H3,(H,13,14). The van der Waals surface area contributed by atoms with Gasteiger partial charge in [0.1, 0.15) is 18.0 Å². The summed E-state index contributed by atoms with van der Waals surface area (Å²) in [6.07, 6.45) is 0. The highest BCUT2D eigenvalue weighted by molar-refractivity contribution is 5.74. The van der Waals surface area contributed by atoms with Gasteiger partial charge in [-0.25, -0.2) is 0 Å². The molecule has 1 rings (SSSR count). The smallest absolute Gasteiger partial charge is 0.322 e. The van der Waals surface area contributed by atoms with Gasteiger partial charge in [-0.3, -0.25) is 4.79 Å². The third kappa shape index (κ3) is 2.79. The van der Waals surface area contributed by atoms with E-state index in [0.717, 1.165) is 5.56 Å². The molecule has 16 heavy (non-hydrogen) atoms. The molecule has 0 fully saturated rings. The second-order valence-electron chi connectivity index (χ2n) is 3.27. The average molecular weight is 225 g/mol. The number of hydrogen-bond donors (Lipinski definition) is 2. The lowest BCUT2D eigenvalue weighted by Gasteiger charge is -2.13. The van der Waals surface area contributed by atoms with Crippen LogP contribution in [0.15, 0.2) is 12.1 Å². The second-order valence-corrected chi connectivity index (χ2v) is 3.27. The van der Waals surface area contributed by atoms with Gasteiger partial charge in [0.15, 0.2) is 0 Å². The number of carboxylic acids is 1. The maximum absolute atomic E-state index is 10.5. The topological polar surface area (TPSA) is 67.8 Å². The maximum atomic E-state index is 10.5. The number of aryl methyl sites for hydroxylation is 1. The minimum absolute atomic E-state index is 0.164. The van der Waals surface area contributed by atoms with E-state index in [-0.39, 0.29) is 6.54 Å². The van der Waals surface area contributed by atoms with Crippen molar-refractivity contribution in [2.45, 2.75) is 6.92 Å². The molecule has 0 aliphatic heterocycles. The summed E-state index contributed by atoms with van der Waals surface area (Å²) in [5.41, 5.74) is 1.53. The van der Waals surface area contributed by atoms with E-state index in [1.54, 1.807) is 19.2 Å². The van der Waals surface area contributed by atoms with Gasteiger partial charge in [-0.1, -0.05) is 0 Å². The Balaban J connectivity index is 2.99. The summed E-state index contributed by atoms with van der Waals surface area (Å²) in [5.74, 6) is 0.356. The van der Waals surface area contributed by atoms with E-state index in [2.05, 4.69) is 5.32 Å². The Kier molecular flexibility index (Phi) is 3.99. The average Bonchev–Trinajstić information content (AvgIpc) is 2.26. The quantitative estimate of drug-likeness (QED) is 0.795. The maximum Gasteiger partial charge on any atom is 0.322 e. The van der Waals surface area contributed by atoms with Crippen molar-refractivity contribution in [1.82, 2.24) is 0 Å². The molecule has 0 heterocycles. The van der Waals surface area contributed by atoms with Crippen molar-refractivity contribution in [2.75, 3.05) is 26.1 Å². The van der Waals surface area contributed by atoms with Gasteiger partial charge in [0.2, 0.25) is 0 Å². The molecule has 0 unspecified atom stereocenters. The number of rotatable bonds is 5. The number of ether oxygens (including phenoxy) is 2. The molecule has 1 aromatic rings. The summed E-state index contributed by atoms with van der Waals surface area (Å²) < 4.78 is 10.3. The fourth-order valence-corrected chi connectivity index (χ4v) is 1.36. The van der Waals surface area contributed by atoms with Crippen LogP contribution in [0.5, 0.6) is 11.5 Å². The van der Waals surface area contributed by atoms with Gasteiger partial charge in [0.05, 0.1) is 19.9 Å². The van der Waals surface area contributed by atoms with E-state index in [4.69, 9.17) is 14.6 Å². The summed E-state index contributed by atoms with van der Waals surface area (Å²) in [6, 6.07) is 3.51. The van der Waals surface area contributed by atoms with E-state index < -0.39 is 5.97 Å². The van der Waals surface area contributed by atoms with Gasteiger partial charge in [0.25, 0.3) is 0 Å². The van der Waals surface area contributed by atoms with E-state index in [9.17, 15) is 4.79 Å². The van der Waals surface area contributed by atoms with Crippen LogP contribution in [0.2, 0.25) is 0 Å². The molecule has 0 radical (unpaired) electrons. The van der Waals surface area contributed by atoms with Crippen LogP contribution in [-0.4, -0.2) is 31.8 Å². The normalized spacial score (nSPS) is 9.69. The molecule has 5 heteroatoms. The molecule has 88 valence electrons. The number of anilines is 1. The van der Waals surface area contributed by atoms with E-state index >= 15 is 0 Å². The van der Waals surface area contributed by atoms with Gasteiger partial charge < -0.3 is 19.9 Å². The molecule has 5 nitrogen and oxygen atoms in total. The number of methoxy groups -OCH3 is 2. The molecule has 0 bridgehead atoms. The summed E-state index contributed by atoms with van der Waals surface area (Å²) in [6.45, 7) is 1.73. The Labute approximate surface area is 94.0 Å². The molecule has 0 saturated heterocycles. The van der Waals surface area contributed by atoms with Gasteiger partial charge in [-0.2, -0.15) is 0 Å². The summed E-state index contributed by atoms with van der Waals surface area (Å²) >= 11 is 0. The van der Waals surface area contributed by atoms with Crippen molar-refractivity contribution in [3.63, 3.8) is 0 Å². The molecule has 1 aromatic carbocycles. The molecule has 0 saturated carbocycles. The van der Waals surface area contributed by atoms with Crippen molar-refractivity contribution in [1.29, 1.82) is 0 Å². The molecular weight excluding hydrogens is 210 g/mol. The zero-order chi connectivity index (χ0) is 12.1. The predicted octanol–water partition coefficient (Wildman–Crippen LogP) is 1.51. The van der Waals surface area contributed by atoms with E-state index in [1.807, 2.05) is 6.92 Å². The van der Waals surface area contributed by atoms with Crippen LogP contribution in [0.25, 0.3) is 0 Å². The number of nitrogens with one attached hydrogen (secondary N) is 1. The minimum atomic E-state index is -0.929. The van der Waals surface area contributed by atoms with Crippen LogP contribution < -0.4 is 14.8 Å². The molecule has 0 spiro atoms. The van der Waals surface area contributed by atoms with Gasteiger partial charge in [0, 0.05) is 6.07 Å². The lowest BCUT2D eigenvalue weighted by molar-refractivity contribution is -0.134. The lowest BCUT2D eigenvalue weighted by atomic mass is 10.2. The zero-order valence-electron chi connectivity index (χ0n) is 9.53. The minimum Gasteiger partial charge on any atom is -0.496 e. The Bertz CT molecular complexity index is 390. The first kappa shape index (κ1) is 12.2. The highest BCUT2D eigenvalue weighted by atomic mass is 16.5. The van der Waals surface area contributed by atoms with Crippen molar-refractivity contribution in [3.05, 3.63) is 17.7 Å². The monoisotopic (exact) mass is 225 g/mol. The van der Waals surface area contributed by atoms with Crippen LogP contribution in [0.1, 0.15) is 5.56 Å². The first-order valence-electron chi connectivity index (χ1n) is 4.76. The number of carboxylic acid groups (broad SMARTS) is 1. The van der Waals surface area contributed by atoms with Crippen molar-refractivity contribution >= 4 is 11.7 Å². The van der Waals surface area contributed by atoms with Crippen LogP contribution in [-0.2, 0) is 4.79 Å². The summed E-state index contributed by atoms with van der Waals surface area (Å²) in [5, 5.41) is 11.3. The Morgan fingerprint density at radius 3 is 2.44 bits per heavy atom. The number of aliphatic carboxylic acids is 1. The molecule has 0 aromatic heterocycles.